The van der Waals surface area contributed by atoms with Crippen LogP contribution in [-0.2, 0) is 4.74 Å². The monoisotopic (exact) mass is 382 g/mol. The first-order valence-electron chi connectivity index (χ1n) is 10.2. The van der Waals surface area contributed by atoms with Crippen molar-refractivity contribution in [3.05, 3.63) is 42.7 Å². The van der Waals surface area contributed by atoms with E-state index in [1.54, 1.807) is 0 Å². The standard InChI is InChI=1S/C22H30N4O2/c1-21(2,3)28-20(27)24-12-9-22(10-13-24)11-14-25(17-22)19-15-23-26(16-19)18-7-5-4-6-8-18/h4-8,15-16H,9-14,17H2,1-3H3. The van der Waals surface area contributed by atoms with E-state index in [-0.39, 0.29) is 6.09 Å². The number of rotatable bonds is 2. The van der Waals surface area contributed by atoms with Gasteiger partial charge in [0, 0.05) is 26.2 Å². The summed E-state index contributed by atoms with van der Waals surface area (Å²) in [5.74, 6) is 0. The third-order valence-corrected chi connectivity index (χ3v) is 5.87. The normalized spacial score (nSPS) is 19.2. The van der Waals surface area contributed by atoms with E-state index in [4.69, 9.17) is 4.74 Å². The van der Waals surface area contributed by atoms with Crippen molar-refractivity contribution in [3.63, 3.8) is 0 Å². The minimum absolute atomic E-state index is 0.179. The topological polar surface area (TPSA) is 50.6 Å². The Bertz CT molecular complexity index is 817. The highest BCUT2D eigenvalue weighted by molar-refractivity contribution is 5.68. The molecular weight excluding hydrogens is 352 g/mol. The number of amides is 1. The number of hydrogen-bond donors (Lipinski definition) is 0. The molecule has 3 heterocycles. The molecule has 28 heavy (non-hydrogen) atoms. The number of nitrogens with zero attached hydrogens (tertiary/aromatic N) is 4. The van der Waals surface area contributed by atoms with Crippen molar-refractivity contribution in [1.82, 2.24) is 14.7 Å². The zero-order valence-electron chi connectivity index (χ0n) is 17.1. The largest absolute Gasteiger partial charge is 0.444 e. The number of aromatic nitrogens is 2. The van der Waals surface area contributed by atoms with E-state index in [1.165, 1.54) is 12.1 Å². The summed E-state index contributed by atoms with van der Waals surface area (Å²) in [6.07, 6.45) is 7.14. The van der Waals surface area contributed by atoms with Crippen LogP contribution in [0.3, 0.4) is 0 Å². The molecule has 2 fully saturated rings. The van der Waals surface area contributed by atoms with Gasteiger partial charge in [0.25, 0.3) is 0 Å². The third-order valence-electron chi connectivity index (χ3n) is 5.87. The van der Waals surface area contributed by atoms with Crippen LogP contribution in [0, 0.1) is 5.41 Å². The lowest BCUT2D eigenvalue weighted by molar-refractivity contribution is 0.0122. The highest BCUT2D eigenvalue weighted by Gasteiger charge is 2.42. The van der Waals surface area contributed by atoms with Gasteiger partial charge in [-0.25, -0.2) is 9.48 Å². The Morgan fingerprint density at radius 2 is 1.71 bits per heavy atom. The molecule has 6 heteroatoms. The molecule has 0 unspecified atom stereocenters. The van der Waals surface area contributed by atoms with Gasteiger partial charge in [-0.2, -0.15) is 5.10 Å². The summed E-state index contributed by atoms with van der Waals surface area (Å²) in [4.78, 5) is 16.6. The Labute approximate surface area is 167 Å². The third kappa shape index (κ3) is 4.01. The molecular formula is C22H30N4O2. The van der Waals surface area contributed by atoms with Crippen LogP contribution in [-0.4, -0.2) is 52.6 Å². The number of benzene rings is 1. The maximum absolute atomic E-state index is 12.3. The lowest BCUT2D eigenvalue weighted by Crippen LogP contribution is -2.46. The molecule has 1 spiro atoms. The van der Waals surface area contributed by atoms with Crippen LogP contribution >= 0.6 is 0 Å². The van der Waals surface area contributed by atoms with Crippen molar-refractivity contribution >= 4 is 11.8 Å². The predicted octanol–water partition coefficient (Wildman–Crippen LogP) is 4.10. The van der Waals surface area contributed by atoms with Crippen LogP contribution < -0.4 is 4.90 Å². The van der Waals surface area contributed by atoms with Gasteiger partial charge in [-0.15, -0.1) is 0 Å². The fourth-order valence-corrected chi connectivity index (χ4v) is 4.25. The first-order chi connectivity index (χ1) is 13.3. The molecule has 4 rings (SSSR count). The molecule has 6 nitrogen and oxygen atoms in total. The van der Waals surface area contributed by atoms with Gasteiger partial charge in [-0.05, 0) is 57.6 Å². The smallest absolute Gasteiger partial charge is 0.410 e. The summed E-state index contributed by atoms with van der Waals surface area (Å²) in [6.45, 7) is 9.41. The van der Waals surface area contributed by atoms with Crippen LogP contribution in [0.4, 0.5) is 10.5 Å². The van der Waals surface area contributed by atoms with Gasteiger partial charge >= 0.3 is 6.09 Å². The van der Waals surface area contributed by atoms with Crippen molar-refractivity contribution in [2.75, 3.05) is 31.1 Å². The van der Waals surface area contributed by atoms with E-state index in [1.807, 2.05) is 54.7 Å². The first kappa shape index (κ1) is 18.8. The second-order valence-corrected chi connectivity index (χ2v) is 9.12. The first-order valence-corrected chi connectivity index (χ1v) is 10.2. The molecule has 0 bridgehead atoms. The summed E-state index contributed by atoms with van der Waals surface area (Å²) in [7, 11) is 0. The maximum Gasteiger partial charge on any atom is 0.410 e. The van der Waals surface area contributed by atoms with E-state index >= 15 is 0 Å². The summed E-state index contributed by atoms with van der Waals surface area (Å²) in [6, 6.07) is 10.2. The summed E-state index contributed by atoms with van der Waals surface area (Å²) < 4.78 is 7.46. The molecule has 0 N–H and O–H groups in total. The molecule has 1 aromatic carbocycles. The van der Waals surface area contributed by atoms with E-state index in [0.29, 0.717) is 5.41 Å². The van der Waals surface area contributed by atoms with E-state index in [0.717, 1.165) is 44.7 Å². The van der Waals surface area contributed by atoms with Crippen molar-refractivity contribution in [2.24, 2.45) is 5.41 Å². The van der Waals surface area contributed by atoms with Gasteiger partial charge in [0.2, 0.25) is 0 Å². The summed E-state index contributed by atoms with van der Waals surface area (Å²) >= 11 is 0. The average molecular weight is 383 g/mol. The molecule has 2 saturated heterocycles. The quantitative estimate of drug-likeness (QED) is 0.785. The zero-order chi connectivity index (χ0) is 19.8. The van der Waals surface area contributed by atoms with Crippen LogP contribution in [0.15, 0.2) is 42.7 Å². The maximum atomic E-state index is 12.3. The molecule has 2 aromatic rings. The fourth-order valence-electron chi connectivity index (χ4n) is 4.25. The Morgan fingerprint density at radius 3 is 2.39 bits per heavy atom. The van der Waals surface area contributed by atoms with Crippen molar-refractivity contribution in [3.8, 4) is 5.69 Å². The van der Waals surface area contributed by atoms with Crippen LogP contribution in [0.1, 0.15) is 40.0 Å². The Kier molecular flexibility index (Phi) is 4.81. The van der Waals surface area contributed by atoms with Gasteiger partial charge in [0.1, 0.15) is 5.60 Å². The van der Waals surface area contributed by atoms with Crippen LogP contribution in [0.25, 0.3) is 5.69 Å². The number of carbonyl (C=O) groups is 1. The number of hydrogen-bond acceptors (Lipinski definition) is 4. The van der Waals surface area contributed by atoms with Gasteiger partial charge in [-0.3, -0.25) is 0 Å². The van der Waals surface area contributed by atoms with E-state index < -0.39 is 5.60 Å². The van der Waals surface area contributed by atoms with Crippen molar-refractivity contribution in [1.29, 1.82) is 0 Å². The van der Waals surface area contributed by atoms with Crippen molar-refractivity contribution < 1.29 is 9.53 Å². The molecule has 2 aliphatic rings. The van der Waals surface area contributed by atoms with Gasteiger partial charge in [-0.1, -0.05) is 18.2 Å². The molecule has 2 aliphatic heterocycles. The number of piperidine rings is 1. The van der Waals surface area contributed by atoms with Gasteiger partial charge < -0.3 is 14.5 Å². The number of para-hydroxylation sites is 1. The number of likely N-dealkylation sites (tertiary alicyclic amines) is 1. The Hall–Kier alpha value is -2.50. The number of ether oxygens (including phenoxy) is 1. The average Bonchev–Trinajstić information content (AvgIpc) is 3.29. The lowest BCUT2D eigenvalue weighted by atomic mass is 9.78. The molecule has 1 amide bonds. The molecule has 0 aliphatic carbocycles. The summed E-state index contributed by atoms with van der Waals surface area (Å²) in [5.41, 5.74) is 2.12. The molecule has 1 aromatic heterocycles. The minimum Gasteiger partial charge on any atom is -0.444 e. The highest BCUT2D eigenvalue weighted by Crippen LogP contribution is 2.42. The Morgan fingerprint density at radius 1 is 1.04 bits per heavy atom. The molecule has 0 saturated carbocycles. The highest BCUT2D eigenvalue weighted by atomic mass is 16.6. The Balaban J connectivity index is 1.36. The summed E-state index contributed by atoms with van der Waals surface area (Å²) in [5, 5.41) is 4.54. The van der Waals surface area contributed by atoms with Crippen LogP contribution in [0.2, 0.25) is 0 Å². The lowest BCUT2D eigenvalue weighted by Gasteiger charge is -2.39. The predicted molar refractivity (Wildman–Crippen MR) is 110 cm³/mol. The zero-order valence-corrected chi connectivity index (χ0v) is 17.1. The molecule has 0 atom stereocenters. The minimum atomic E-state index is -0.435. The van der Waals surface area contributed by atoms with Crippen LogP contribution in [0.5, 0.6) is 0 Å². The SMILES string of the molecule is CC(C)(C)OC(=O)N1CCC2(CC1)CCN(c1cnn(-c3ccccc3)c1)C2. The second kappa shape index (κ2) is 7.15. The van der Waals surface area contributed by atoms with Gasteiger partial charge in [0.05, 0.1) is 23.8 Å². The van der Waals surface area contributed by atoms with E-state index in [2.05, 4.69) is 28.3 Å². The molecule has 150 valence electrons. The molecule has 0 radical (unpaired) electrons. The van der Waals surface area contributed by atoms with E-state index in [9.17, 15) is 4.79 Å². The second-order valence-electron chi connectivity index (χ2n) is 9.12. The fraction of sp³-hybridized carbons (Fsp3) is 0.545. The number of carbonyl (C=O) groups excluding carboxylic acids is 1. The van der Waals surface area contributed by atoms with Crippen molar-refractivity contribution in [2.45, 2.75) is 45.6 Å². The van der Waals surface area contributed by atoms with Gasteiger partial charge in [0.15, 0.2) is 0 Å². The number of anilines is 1.